The van der Waals surface area contributed by atoms with Crippen molar-refractivity contribution in [2.45, 2.75) is 25.6 Å². The summed E-state index contributed by atoms with van der Waals surface area (Å²) >= 11 is 0. The fraction of sp³-hybridized carbons (Fsp3) is 0.259. The van der Waals surface area contributed by atoms with Gasteiger partial charge in [0.15, 0.2) is 11.5 Å². The van der Waals surface area contributed by atoms with E-state index >= 15 is 0 Å². The molecule has 1 N–H and O–H groups in total. The maximum Gasteiger partial charge on any atom is 0.255 e. The van der Waals surface area contributed by atoms with Crippen LogP contribution in [0.1, 0.15) is 39.5 Å². The molecule has 7 nitrogen and oxygen atoms in total. The largest absolute Gasteiger partial charge is 0.493 e. The monoisotopic (exact) mass is 460 g/mol. The van der Waals surface area contributed by atoms with Crippen LogP contribution in [-0.4, -0.2) is 38.0 Å². The summed E-state index contributed by atoms with van der Waals surface area (Å²) in [4.78, 5) is 28.1. The van der Waals surface area contributed by atoms with Crippen molar-refractivity contribution in [2.24, 2.45) is 0 Å². The molecule has 2 amide bonds. The van der Waals surface area contributed by atoms with Crippen LogP contribution in [0.5, 0.6) is 17.2 Å². The molecule has 7 heteroatoms. The molecule has 0 saturated heterocycles. The number of carbonyl (C=O) groups excluding carboxylic acids is 2. The highest BCUT2D eigenvalue weighted by Gasteiger charge is 2.35. The van der Waals surface area contributed by atoms with Crippen LogP contribution >= 0.6 is 0 Å². The lowest BCUT2D eigenvalue weighted by atomic mass is 10.00. The van der Waals surface area contributed by atoms with E-state index in [0.717, 1.165) is 16.7 Å². The molecule has 1 heterocycles. The molecular weight excluding hydrogens is 432 g/mol. The smallest absolute Gasteiger partial charge is 0.255 e. The third kappa shape index (κ3) is 4.69. The number of hydrogen-bond acceptors (Lipinski definition) is 5. The Morgan fingerprint density at radius 3 is 2.21 bits per heavy atom. The van der Waals surface area contributed by atoms with Crippen molar-refractivity contribution < 1.29 is 23.8 Å². The first-order chi connectivity index (χ1) is 16.5. The molecule has 0 spiro atoms. The van der Waals surface area contributed by atoms with E-state index in [4.69, 9.17) is 14.2 Å². The van der Waals surface area contributed by atoms with E-state index in [-0.39, 0.29) is 18.2 Å². The molecule has 0 fully saturated rings. The van der Waals surface area contributed by atoms with Crippen LogP contribution in [0.3, 0.4) is 0 Å². The van der Waals surface area contributed by atoms with E-state index in [9.17, 15) is 9.59 Å². The minimum absolute atomic E-state index is 0.0885. The second-order valence-corrected chi connectivity index (χ2v) is 8.03. The zero-order chi connectivity index (χ0) is 24.1. The van der Waals surface area contributed by atoms with Crippen molar-refractivity contribution in [2.75, 3.05) is 21.3 Å². The van der Waals surface area contributed by atoms with Crippen LogP contribution in [0.2, 0.25) is 0 Å². The van der Waals surface area contributed by atoms with Gasteiger partial charge >= 0.3 is 0 Å². The number of amides is 2. The Hall–Kier alpha value is -4.00. The van der Waals surface area contributed by atoms with Crippen LogP contribution in [-0.2, 0) is 17.9 Å². The van der Waals surface area contributed by atoms with Gasteiger partial charge in [0.05, 0.1) is 33.8 Å². The van der Waals surface area contributed by atoms with Crippen molar-refractivity contribution in [3.8, 4) is 17.2 Å². The Morgan fingerprint density at radius 1 is 0.941 bits per heavy atom. The third-order valence-electron chi connectivity index (χ3n) is 6.01. The summed E-state index contributed by atoms with van der Waals surface area (Å²) in [6, 6.07) is 20.3. The van der Waals surface area contributed by atoms with E-state index in [2.05, 4.69) is 5.32 Å². The Labute approximate surface area is 199 Å². The normalized spacial score (nSPS) is 13.3. The predicted molar refractivity (Wildman–Crippen MR) is 128 cm³/mol. The number of benzene rings is 3. The van der Waals surface area contributed by atoms with Gasteiger partial charge in [-0.2, -0.15) is 0 Å². The molecule has 0 aromatic heterocycles. The van der Waals surface area contributed by atoms with Gasteiger partial charge in [-0.15, -0.1) is 0 Å². The predicted octanol–water partition coefficient (Wildman–Crippen LogP) is 4.12. The maximum absolute atomic E-state index is 13.3. The van der Waals surface area contributed by atoms with Gasteiger partial charge in [-0.3, -0.25) is 9.59 Å². The molecule has 3 aromatic rings. The lowest BCUT2D eigenvalue weighted by Crippen LogP contribution is -2.34. The Bertz CT molecular complexity index is 1150. The summed E-state index contributed by atoms with van der Waals surface area (Å²) in [5.41, 5.74) is 3.33. The molecule has 0 bridgehead atoms. The molecule has 1 aliphatic heterocycles. The molecule has 1 aliphatic rings. The number of carbonyl (C=O) groups is 2. The van der Waals surface area contributed by atoms with E-state index in [1.54, 1.807) is 31.3 Å². The zero-order valence-corrected chi connectivity index (χ0v) is 19.5. The summed E-state index contributed by atoms with van der Waals surface area (Å²) in [6.07, 6.45) is 0.0885. The van der Waals surface area contributed by atoms with E-state index < -0.39 is 6.04 Å². The molecule has 3 aromatic carbocycles. The van der Waals surface area contributed by atoms with Crippen molar-refractivity contribution in [1.29, 1.82) is 0 Å². The molecule has 1 unspecified atom stereocenters. The van der Waals surface area contributed by atoms with Crippen LogP contribution < -0.4 is 19.5 Å². The van der Waals surface area contributed by atoms with Gasteiger partial charge in [-0.05, 0) is 34.9 Å². The lowest BCUT2D eigenvalue weighted by Gasteiger charge is -2.29. The number of hydrogen-bond donors (Lipinski definition) is 1. The molecule has 0 radical (unpaired) electrons. The molecule has 0 aliphatic carbocycles. The number of methoxy groups -OCH3 is 3. The minimum Gasteiger partial charge on any atom is -0.493 e. The van der Waals surface area contributed by atoms with E-state index in [1.165, 1.54) is 7.11 Å². The highest BCUT2D eigenvalue weighted by Crippen LogP contribution is 2.42. The molecule has 34 heavy (non-hydrogen) atoms. The van der Waals surface area contributed by atoms with Gasteiger partial charge < -0.3 is 24.4 Å². The highest BCUT2D eigenvalue weighted by atomic mass is 16.5. The summed E-state index contributed by atoms with van der Waals surface area (Å²) in [5, 5.41) is 2.97. The van der Waals surface area contributed by atoms with Gasteiger partial charge in [0.1, 0.15) is 0 Å². The fourth-order valence-corrected chi connectivity index (χ4v) is 4.27. The maximum atomic E-state index is 13.3. The Kier molecular flexibility index (Phi) is 7.01. The summed E-state index contributed by atoms with van der Waals surface area (Å²) < 4.78 is 16.5. The van der Waals surface area contributed by atoms with Crippen molar-refractivity contribution in [3.63, 3.8) is 0 Å². The number of nitrogens with zero attached hydrogens (tertiary/aromatic N) is 1. The number of nitrogens with one attached hydrogen (secondary N) is 1. The van der Waals surface area contributed by atoms with Gasteiger partial charge in [-0.1, -0.05) is 48.5 Å². The SMILES string of the molecule is COc1cc(C(CC(=O)NCc2ccccc2)N2Cc3ccccc3C2=O)cc(OC)c1OC. The van der Waals surface area contributed by atoms with Gasteiger partial charge in [0.2, 0.25) is 11.7 Å². The first-order valence-corrected chi connectivity index (χ1v) is 11.0. The molecule has 1 atom stereocenters. The highest BCUT2D eigenvalue weighted by molar-refractivity contribution is 5.99. The summed E-state index contributed by atoms with van der Waals surface area (Å²) in [6.45, 7) is 0.831. The van der Waals surface area contributed by atoms with Gasteiger partial charge in [0, 0.05) is 18.7 Å². The average molecular weight is 461 g/mol. The number of ether oxygens (including phenoxy) is 3. The standard InChI is InChI=1S/C27H28N2O5/c1-32-23-13-20(14-24(33-2)26(23)34-3)22(15-25(30)28-16-18-9-5-4-6-10-18)29-17-19-11-7-8-12-21(19)27(29)31/h4-14,22H,15-17H2,1-3H3,(H,28,30). The van der Waals surface area contributed by atoms with Gasteiger partial charge in [-0.25, -0.2) is 0 Å². The fourth-order valence-electron chi connectivity index (χ4n) is 4.27. The van der Waals surface area contributed by atoms with Crippen molar-refractivity contribution >= 4 is 11.8 Å². The second kappa shape index (κ2) is 10.3. The Balaban J connectivity index is 1.66. The number of fused-ring (bicyclic) bond motifs is 1. The molecule has 0 saturated carbocycles. The second-order valence-electron chi connectivity index (χ2n) is 8.03. The quantitative estimate of drug-likeness (QED) is 0.520. The lowest BCUT2D eigenvalue weighted by molar-refractivity contribution is -0.122. The van der Waals surface area contributed by atoms with Crippen molar-refractivity contribution in [1.82, 2.24) is 10.2 Å². The van der Waals surface area contributed by atoms with Crippen LogP contribution in [0, 0.1) is 0 Å². The van der Waals surface area contributed by atoms with E-state index in [1.807, 2.05) is 54.6 Å². The average Bonchev–Trinajstić information content (AvgIpc) is 3.21. The van der Waals surface area contributed by atoms with Crippen LogP contribution in [0.15, 0.2) is 66.7 Å². The van der Waals surface area contributed by atoms with E-state index in [0.29, 0.717) is 35.9 Å². The Morgan fingerprint density at radius 2 is 1.59 bits per heavy atom. The topological polar surface area (TPSA) is 77.1 Å². The zero-order valence-electron chi connectivity index (χ0n) is 19.5. The van der Waals surface area contributed by atoms with Crippen LogP contribution in [0.25, 0.3) is 0 Å². The molecule has 176 valence electrons. The first kappa shape index (κ1) is 23.2. The molecular formula is C27H28N2O5. The van der Waals surface area contributed by atoms with Crippen LogP contribution in [0.4, 0.5) is 0 Å². The van der Waals surface area contributed by atoms with Crippen molar-refractivity contribution in [3.05, 3.63) is 89.0 Å². The third-order valence-corrected chi connectivity index (χ3v) is 6.01. The summed E-state index contributed by atoms with van der Waals surface area (Å²) in [7, 11) is 4.62. The minimum atomic E-state index is -0.524. The first-order valence-electron chi connectivity index (χ1n) is 11.0. The summed E-state index contributed by atoms with van der Waals surface area (Å²) in [5.74, 6) is 1.13. The molecule has 4 rings (SSSR count). The van der Waals surface area contributed by atoms with Gasteiger partial charge in [0.25, 0.3) is 5.91 Å². The number of rotatable bonds is 9.